The molecule has 0 aliphatic rings. The number of hydrogen-bond donors (Lipinski definition) is 3. The first kappa shape index (κ1) is 22.5. The van der Waals surface area contributed by atoms with Gasteiger partial charge in [-0.1, -0.05) is 32.0 Å². The highest BCUT2D eigenvalue weighted by Crippen LogP contribution is 2.05. The highest BCUT2D eigenvalue weighted by molar-refractivity contribution is 5.94. The Morgan fingerprint density at radius 1 is 1.04 bits per heavy atom. The van der Waals surface area contributed by atoms with E-state index in [1.165, 1.54) is 0 Å². The molecule has 0 heterocycles. The Labute approximate surface area is 161 Å². The molecule has 1 aromatic carbocycles. The molecule has 0 bridgehead atoms. The van der Waals surface area contributed by atoms with E-state index in [4.69, 9.17) is 4.74 Å². The van der Waals surface area contributed by atoms with Crippen LogP contribution in [0.5, 0.6) is 0 Å². The van der Waals surface area contributed by atoms with E-state index in [-0.39, 0.29) is 30.3 Å². The maximum atomic E-state index is 12.2. The molecule has 0 aromatic heterocycles. The summed E-state index contributed by atoms with van der Waals surface area (Å²) >= 11 is 0. The molecule has 0 radical (unpaired) electrons. The van der Waals surface area contributed by atoms with Crippen LogP contribution in [-0.2, 0) is 9.53 Å². The second-order valence-corrected chi connectivity index (χ2v) is 6.94. The normalized spacial score (nSPS) is 12.8. The van der Waals surface area contributed by atoms with Gasteiger partial charge in [-0.2, -0.15) is 0 Å². The van der Waals surface area contributed by atoms with Gasteiger partial charge in [0.25, 0.3) is 5.91 Å². The van der Waals surface area contributed by atoms with Gasteiger partial charge in [0.1, 0.15) is 0 Å². The van der Waals surface area contributed by atoms with Crippen LogP contribution >= 0.6 is 0 Å². The maximum absolute atomic E-state index is 12.2. The first-order chi connectivity index (χ1) is 12.8. The van der Waals surface area contributed by atoms with Gasteiger partial charge in [0, 0.05) is 30.6 Å². The maximum Gasteiger partial charge on any atom is 0.407 e. The lowest BCUT2D eigenvalue weighted by molar-refractivity contribution is -0.121. The molecule has 3 N–H and O–H groups in total. The van der Waals surface area contributed by atoms with Crippen LogP contribution in [0.15, 0.2) is 30.3 Å². The van der Waals surface area contributed by atoms with Crippen LogP contribution in [0.1, 0.15) is 50.9 Å². The summed E-state index contributed by atoms with van der Waals surface area (Å²) in [5.74, 6) is -0.0363. The molecule has 0 aliphatic heterocycles. The van der Waals surface area contributed by atoms with Crippen molar-refractivity contribution >= 4 is 17.9 Å². The molecule has 2 atom stereocenters. The van der Waals surface area contributed by atoms with Crippen molar-refractivity contribution in [3.8, 4) is 0 Å². The van der Waals surface area contributed by atoms with Gasteiger partial charge in [-0.05, 0) is 38.3 Å². The van der Waals surface area contributed by atoms with E-state index in [9.17, 15) is 14.4 Å². The van der Waals surface area contributed by atoms with Crippen molar-refractivity contribution < 1.29 is 19.1 Å². The number of carbonyl (C=O) groups excluding carboxylic acids is 3. The SMILES string of the molecule is CCOC(=O)NC(CNC(=O)CC(C)NC(=O)c1ccccc1)CC(C)C. The molecule has 0 spiro atoms. The first-order valence-electron chi connectivity index (χ1n) is 9.37. The monoisotopic (exact) mass is 377 g/mol. The van der Waals surface area contributed by atoms with Crippen molar-refractivity contribution in [2.24, 2.45) is 5.92 Å². The van der Waals surface area contributed by atoms with Crippen molar-refractivity contribution in [3.05, 3.63) is 35.9 Å². The van der Waals surface area contributed by atoms with Gasteiger partial charge in [-0.15, -0.1) is 0 Å². The Morgan fingerprint density at radius 3 is 2.30 bits per heavy atom. The van der Waals surface area contributed by atoms with Crippen molar-refractivity contribution in [3.63, 3.8) is 0 Å². The number of benzene rings is 1. The topological polar surface area (TPSA) is 96.5 Å². The summed E-state index contributed by atoms with van der Waals surface area (Å²) in [5.41, 5.74) is 0.556. The lowest BCUT2D eigenvalue weighted by Crippen LogP contribution is -2.45. The molecule has 7 heteroatoms. The van der Waals surface area contributed by atoms with Crippen LogP contribution in [-0.4, -0.2) is 43.1 Å². The van der Waals surface area contributed by atoms with Crippen LogP contribution in [0.4, 0.5) is 4.79 Å². The average molecular weight is 377 g/mol. The fraction of sp³-hybridized carbons (Fsp3) is 0.550. The van der Waals surface area contributed by atoms with E-state index < -0.39 is 6.09 Å². The largest absolute Gasteiger partial charge is 0.450 e. The number of alkyl carbamates (subject to hydrolysis) is 1. The third kappa shape index (κ3) is 9.63. The summed E-state index contributed by atoms with van der Waals surface area (Å²) in [5, 5.41) is 8.39. The van der Waals surface area contributed by atoms with Crippen LogP contribution in [0.25, 0.3) is 0 Å². The molecule has 0 aliphatic carbocycles. The first-order valence-corrected chi connectivity index (χ1v) is 9.37. The molecular formula is C20H31N3O4. The minimum Gasteiger partial charge on any atom is -0.450 e. The molecule has 7 nitrogen and oxygen atoms in total. The van der Waals surface area contributed by atoms with Crippen LogP contribution in [0.2, 0.25) is 0 Å². The molecule has 0 saturated heterocycles. The summed E-state index contributed by atoms with van der Waals surface area (Å²) in [7, 11) is 0. The lowest BCUT2D eigenvalue weighted by atomic mass is 10.0. The molecule has 150 valence electrons. The Hall–Kier alpha value is -2.57. The fourth-order valence-electron chi connectivity index (χ4n) is 2.64. The zero-order valence-electron chi connectivity index (χ0n) is 16.6. The Morgan fingerprint density at radius 2 is 1.70 bits per heavy atom. The van der Waals surface area contributed by atoms with Gasteiger partial charge in [-0.3, -0.25) is 9.59 Å². The number of ether oxygens (including phenoxy) is 1. The molecular weight excluding hydrogens is 346 g/mol. The smallest absolute Gasteiger partial charge is 0.407 e. The molecule has 0 fully saturated rings. The van der Waals surface area contributed by atoms with Crippen LogP contribution in [0.3, 0.4) is 0 Å². The molecule has 0 saturated carbocycles. The van der Waals surface area contributed by atoms with Gasteiger partial charge in [0.2, 0.25) is 5.91 Å². The lowest BCUT2D eigenvalue weighted by Gasteiger charge is -2.21. The molecule has 1 aromatic rings. The number of rotatable bonds is 10. The Balaban J connectivity index is 2.43. The quantitative estimate of drug-likeness (QED) is 0.584. The van der Waals surface area contributed by atoms with E-state index in [0.717, 1.165) is 6.42 Å². The van der Waals surface area contributed by atoms with Gasteiger partial charge < -0.3 is 20.7 Å². The molecule has 27 heavy (non-hydrogen) atoms. The zero-order valence-corrected chi connectivity index (χ0v) is 16.6. The second kappa shape index (κ2) is 11.9. The summed E-state index contributed by atoms with van der Waals surface area (Å²) in [6, 6.07) is 8.35. The summed E-state index contributed by atoms with van der Waals surface area (Å²) in [6.45, 7) is 8.22. The molecule has 3 amide bonds. The van der Waals surface area contributed by atoms with E-state index >= 15 is 0 Å². The standard InChI is InChI=1S/C20H31N3O4/c1-5-27-20(26)23-17(11-14(2)3)13-21-18(24)12-15(4)22-19(25)16-9-7-6-8-10-16/h6-10,14-15,17H,5,11-13H2,1-4H3,(H,21,24)(H,22,25)(H,23,26). The second-order valence-electron chi connectivity index (χ2n) is 6.94. The van der Waals surface area contributed by atoms with Gasteiger partial charge in [0.15, 0.2) is 0 Å². The van der Waals surface area contributed by atoms with E-state index in [0.29, 0.717) is 24.6 Å². The van der Waals surface area contributed by atoms with Gasteiger partial charge >= 0.3 is 6.09 Å². The average Bonchev–Trinajstić information content (AvgIpc) is 2.60. The predicted molar refractivity (Wildman–Crippen MR) is 104 cm³/mol. The van der Waals surface area contributed by atoms with Crippen molar-refractivity contribution in [2.75, 3.05) is 13.2 Å². The number of hydrogen-bond acceptors (Lipinski definition) is 4. The van der Waals surface area contributed by atoms with Crippen molar-refractivity contribution in [1.29, 1.82) is 0 Å². The Kier molecular flexibility index (Phi) is 9.93. The highest BCUT2D eigenvalue weighted by Gasteiger charge is 2.17. The molecule has 1 rings (SSSR count). The summed E-state index contributed by atoms with van der Waals surface area (Å²) < 4.78 is 4.90. The highest BCUT2D eigenvalue weighted by atomic mass is 16.5. The fourth-order valence-corrected chi connectivity index (χ4v) is 2.64. The van der Waals surface area contributed by atoms with Crippen LogP contribution < -0.4 is 16.0 Å². The Bertz CT molecular complexity index is 605. The van der Waals surface area contributed by atoms with Crippen molar-refractivity contribution in [2.45, 2.75) is 52.6 Å². The van der Waals surface area contributed by atoms with Gasteiger partial charge in [0.05, 0.1) is 6.61 Å². The predicted octanol–water partition coefficient (Wildman–Crippen LogP) is 2.47. The van der Waals surface area contributed by atoms with E-state index in [1.807, 2.05) is 19.9 Å². The van der Waals surface area contributed by atoms with E-state index in [1.54, 1.807) is 38.1 Å². The number of amides is 3. The third-order valence-electron chi connectivity index (χ3n) is 3.80. The minimum absolute atomic E-state index is 0.159. The number of carbonyl (C=O) groups is 3. The van der Waals surface area contributed by atoms with Crippen molar-refractivity contribution in [1.82, 2.24) is 16.0 Å². The van der Waals surface area contributed by atoms with E-state index in [2.05, 4.69) is 16.0 Å². The minimum atomic E-state index is -0.485. The number of nitrogens with one attached hydrogen (secondary N) is 3. The third-order valence-corrected chi connectivity index (χ3v) is 3.80. The zero-order chi connectivity index (χ0) is 20.2. The van der Waals surface area contributed by atoms with Crippen LogP contribution in [0, 0.1) is 5.92 Å². The summed E-state index contributed by atoms with van der Waals surface area (Å²) in [4.78, 5) is 35.9. The van der Waals surface area contributed by atoms with Gasteiger partial charge in [-0.25, -0.2) is 4.79 Å². The summed E-state index contributed by atoms with van der Waals surface area (Å²) in [6.07, 6.45) is 0.395. The molecule has 2 unspecified atom stereocenters.